The molecule has 20 heavy (non-hydrogen) atoms. The molecule has 0 fully saturated rings. The second-order valence-electron chi connectivity index (χ2n) is 4.58. The molecule has 0 aliphatic carbocycles. The molecular formula is C17H23NO2. The van der Waals surface area contributed by atoms with Gasteiger partial charge in [0.05, 0.1) is 7.11 Å². The fraction of sp³-hybridized carbons (Fsp3) is 0.353. The van der Waals surface area contributed by atoms with Gasteiger partial charge in [0.1, 0.15) is 5.75 Å². The van der Waals surface area contributed by atoms with Crippen molar-refractivity contribution in [2.45, 2.75) is 19.3 Å². The van der Waals surface area contributed by atoms with E-state index in [1.807, 2.05) is 24.3 Å². The summed E-state index contributed by atoms with van der Waals surface area (Å²) in [7, 11) is 1.65. The summed E-state index contributed by atoms with van der Waals surface area (Å²) in [6.07, 6.45) is 5.77. The maximum absolute atomic E-state index is 12.0. The zero-order valence-electron chi connectivity index (χ0n) is 12.2. The minimum Gasteiger partial charge on any atom is -0.497 e. The topological polar surface area (TPSA) is 29.5 Å². The van der Waals surface area contributed by atoms with Crippen LogP contribution in [0.25, 0.3) is 0 Å². The lowest BCUT2D eigenvalue weighted by molar-refractivity contribution is -0.130. The van der Waals surface area contributed by atoms with Crippen LogP contribution in [0.4, 0.5) is 0 Å². The highest BCUT2D eigenvalue weighted by Crippen LogP contribution is 2.13. The number of carbonyl (C=O) groups excluding carboxylic acids is 1. The smallest absolute Gasteiger partial charge is 0.223 e. The van der Waals surface area contributed by atoms with E-state index in [2.05, 4.69) is 13.2 Å². The molecule has 0 saturated heterocycles. The molecule has 1 amide bonds. The van der Waals surface area contributed by atoms with Crippen LogP contribution in [0.2, 0.25) is 0 Å². The number of rotatable bonds is 9. The summed E-state index contributed by atoms with van der Waals surface area (Å²) in [5, 5.41) is 0. The molecule has 1 rings (SSSR count). The highest BCUT2D eigenvalue weighted by atomic mass is 16.5. The summed E-state index contributed by atoms with van der Waals surface area (Å²) in [4.78, 5) is 13.8. The fourth-order valence-corrected chi connectivity index (χ4v) is 1.98. The lowest BCUT2D eigenvalue weighted by atomic mass is 10.1. The van der Waals surface area contributed by atoms with Gasteiger partial charge < -0.3 is 9.64 Å². The molecule has 0 aliphatic rings. The van der Waals surface area contributed by atoms with Crippen LogP contribution in [-0.4, -0.2) is 31.0 Å². The van der Waals surface area contributed by atoms with Crippen molar-refractivity contribution >= 4 is 5.91 Å². The molecule has 3 nitrogen and oxygen atoms in total. The molecule has 0 unspecified atom stereocenters. The van der Waals surface area contributed by atoms with Gasteiger partial charge in [-0.15, -0.1) is 13.2 Å². The van der Waals surface area contributed by atoms with Crippen molar-refractivity contribution in [3.63, 3.8) is 0 Å². The number of hydrogen-bond acceptors (Lipinski definition) is 2. The van der Waals surface area contributed by atoms with Crippen LogP contribution in [0.15, 0.2) is 49.6 Å². The zero-order chi connectivity index (χ0) is 14.8. The van der Waals surface area contributed by atoms with Crippen molar-refractivity contribution in [3.8, 4) is 5.75 Å². The summed E-state index contributed by atoms with van der Waals surface area (Å²) in [6, 6.07) is 7.96. The number of aryl methyl sites for hydroxylation is 1. The lowest BCUT2D eigenvalue weighted by Crippen LogP contribution is -2.31. The second kappa shape index (κ2) is 8.97. The third kappa shape index (κ3) is 5.31. The Morgan fingerprint density at radius 2 is 1.80 bits per heavy atom. The summed E-state index contributed by atoms with van der Waals surface area (Å²) in [5.74, 6) is 1.01. The van der Waals surface area contributed by atoms with Gasteiger partial charge in [-0.2, -0.15) is 0 Å². The lowest BCUT2D eigenvalue weighted by Gasteiger charge is -2.19. The van der Waals surface area contributed by atoms with Crippen molar-refractivity contribution < 1.29 is 9.53 Å². The number of benzene rings is 1. The third-order valence-electron chi connectivity index (χ3n) is 3.07. The number of amides is 1. The molecule has 0 aliphatic heterocycles. The Labute approximate surface area is 121 Å². The molecule has 0 aromatic heterocycles. The Kier molecular flexibility index (Phi) is 7.18. The molecule has 108 valence electrons. The fourth-order valence-electron chi connectivity index (χ4n) is 1.98. The van der Waals surface area contributed by atoms with Crippen molar-refractivity contribution in [1.29, 1.82) is 0 Å². The van der Waals surface area contributed by atoms with Crippen molar-refractivity contribution in [1.82, 2.24) is 4.90 Å². The second-order valence-corrected chi connectivity index (χ2v) is 4.58. The Balaban J connectivity index is 2.39. The molecule has 0 saturated carbocycles. The van der Waals surface area contributed by atoms with Gasteiger partial charge in [-0.05, 0) is 30.5 Å². The van der Waals surface area contributed by atoms with E-state index in [0.717, 1.165) is 18.6 Å². The summed E-state index contributed by atoms with van der Waals surface area (Å²) in [6.45, 7) is 8.49. The van der Waals surface area contributed by atoms with E-state index in [9.17, 15) is 4.79 Å². The Bertz CT molecular complexity index is 427. The van der Waals surface area contributed by atoms with E-state index in [1.54, 1.807) is 24.2 Å². The number of carbonyl (C=O) groups is 1. The minimum absolute atomic E-state index is 0.151. The van der Waals surface area contributed by atoms with Gasteiger partial charge in [-0.25, -0.2) is 0 Å². The van der Waals surface area contributed by atoms with E-state index in [0.29, 0.717) is 19.5 Å². The summed E-state index contributed by atoms with van der Waals surface area (Å²) < 4.78 is 5.12. The van der Waals surface area contributed by atoms with Crippen LogP contribution in [0, 0.1) is 0 Å². The highest BCUT2D eigenvalue weighted by molar-refractivity contribution is 5.76. The Hall–Kier alpha value is -2.03. The SMILES string of the molecule is C=CCN(CC=C)C(=O)CCCc1ccc(OC)cc1. The van der Waals surface area contributed by atoms with Crippen molar-refractivity contribution in [2.75, 3.05) is 20.2 Å². The van der Waals surface area contributed by atoms with Gasteiger partial charge in [-0.1, -0.05) is 24.3 Å². The molecule has 1 aromatic rings. The molecule has 1 aromatic carbocycles. The van der Waals surface area contributed by atoms with Crippen LogP contribution < -0.4 is 4.74 Å². The van der Waals surface area contributed by atoms with Gasteiger partial charge in [0.15, 0.2) is 0 Å². The van der Waals surface area contributed by atoms with Gasteiger partial charge in [0, 0.05) is 19.5 Å². The largest absolute Gasteiger partial charge is 0.497 e. The number of hydrogen-bond donors (Lipinski definition) is 0. The molecule has 0 bridgehead atoms. The van der Waals surface area contributed by atoms with Crippen LogP contribution in [0.3, 0.4) is 0 Å². The first-order valence-electron chi connectivity index (χ1n) is 6.83. The van der Waals surface area contributed by atoms with Gasteiger partial charge >= 0.3 is 0 Å². The van der Waals surface area contributed by atoms with Crippen LogP contribution >= 0.6 is 0 Å². The molecule has 0 heterocycles. The predicted molar refractivity (Wildman–Crippen MR) is 82.9 cm³/mol. The van der Waals surface area contributed by atoms with E-state index >= 15 is 0 Å². The Morgan fingerprint density at radius 3 is 2.30 bits per heavy atom. The first kappa shape index (κ1) is 16.0. The number of ether oxygens (including phenoxy) is 1. The van der Waals surface area contributed by atoms with Crippen LogP contribution in [0.5, 0.6) is 5.75 Å². The standard InChI is InChI=1S/C17H23NO2/c1-4-13-18(14-5-2)17(19)8-6-7-15-9-11-16(20-3)12-10-15/h4-5,9-12H,1-2,6-8,13-14H2,3H3. The van der Waals surface area contributed by atoms with E-state index in [4.69, 9.17) is 4.74 Å². The molecule has 0 radical (unpaired) electrons. The maximum Gasteiger partial charge on any atom is 0.223 e. The summed E-state index contributed by atoms with van der Waals surface area (Å²) >= 11 is 0. The van der Waals surface area contributed by atoms with Crippen LogP contribution in [-0.2, 0) is 11.2 Å². The average Bonchev–Trinajstić information content (AvgIpc) is 2.47. The predicted octanol–water partition coefficient (Wildman–Crippen LogP) is 3.22. The molecule has 0 N–H and O–H groups in total. The van der Waals surface area contributed by atoms with Crippen molar-refractivity contribution in [3.05, 3.63) is 55.1 Å². The first-order chi connectivity index (χ1) is 9.71. The van der Waals surface area contributed by atoms with Gasteiger partial charge in [-0.3, -0.25) is 4.79 Å². The number of methoxy groups -OCH3 is 1. The molecular weight excluding hydrogens is 250 g/mol. The normalized spacial score (nSPS) is 9.85. The monoisotopic (exact) mass is 273 g/mol. The average molecular weight is 273 g/mol. The highest BCUT2D eigenvalue weighted by Gasteiger charge is 2.09. The van der Waals surface area contributed by atoms with Crippen LogP contribution in [0.1, 0.15) is 18.4 Å². The first-order valence-corrected chi connectivity index (χ1v) is 6.83. The quantitative estimate of drug-likeness (QED) is 0.647. The van der Waals surface area contributed by atoms with E-state index < -0.39 is 0 Å². The molecule has 0 atom stereocenters. The third-order valence-corrected chi connectivity index (χ3v) is 3.07. The Morgan fingerprint density at radius 1 is 1.20 bits per heavy atom. The number of nitrogens with zero attached hydrogens (tertiary/aromatic N) is 1. The summed E-state index contributed by atoms with van der Waals surface area (Å²) in [5.41, 5.74) is 1.22. The van der Waals surface area contributed by atoms with Gasteiger partial charge in [0.25, 0.3) is 0 Å². The zero-order valence-corrected chi connectivity index (χ0v) is 12.2. The van der Waals surface area contributed by atoms with E-state index in [-0.39, 0.29) is 5.91 Å². The van der Waals surface area contributed by atoms with Crippen molar-refractivity contribution in [2.24, 2.45) is 0 Å². The molecule has 0 spiro atoms. The maximum atomic E-state index is 12.0. The minimum atomic E-state index is 0.151. The van der Waals surface area contributed by atoms with Gasteiger partial charge in [0.2, 0.25) is 5.91 Å². The van der Waals surface area contributed by atoms with E-state index in [1.165, 1.54) is 5.56 Å². The molecule has 3 heteroatoms.